The Bertz CT molecular complexity index is 827. The van der Waals surface area contributed by atoms with Gasteiger partial charge in [0.25, 0.3) is 0 Å². The Morgan fingerprint density at radius 3 is 2.31 bits per heavy atom. The van der Waals surface area contributed by atoms with Crippen molar-refractivity contribution in [1.29, 1.82) is 0 Å². The molecular weight excluding hydrogens is 562 g/mol. The van der Waals surface area contributed by atoms with Crippen molar-refractivity contribution >= 4 is 6.79 Å². The predicted octanol–water partition coefficient (Wildman–Crippen LogP) is 7.77. The molecule has 2 aliphatic carbocycles. The summed E-state index contributed by atoms with van der Waals surface area (Å²) >= 11 is 0. The molecule has 0 aromatic carbocycles. The summed E-state index contributed by atoms with van der Waals surface area (Å²) in [5, 5.41) is 3.45. The molecule has 0 amide bonds. The summed E-state index contributed by atoms with van der Waals surface area (Å²) in [5.41, 5.74) is 2.97. The second kappa shape index (κ2) is 24.8. The van der Waals surface area contributed by atoms with Crippen molar-refractivity contribution in [3.63, 3.8) is 0 Å². The highest BCUT2D eigenvalue weighted by atomic mass is 16.7. The van der Waals surface area contributed by atoms with Crippen LogP contribution in [0.2, 0.25) is 0 Å². The number of nitrogens with one attached hydrogen (secondary N) is 1. The number of rotatable bonds is 16. The topological polar surface area (TPSA) is 63.3 Å². The van der Waals surface area contributed by atoms with Crippen LogP contribution in [0.5, 0.6) is 0 Å². The quantitative estimate of drug-likeness (QED) is 0.106. The molecule has 3 unspecified atom stereocenters. The number of carbonyl (C=O) groups is 1. The average Bonchev–Trinajstić information content (AvgIpc) is 3.30. The lowest BCUT2D eigenvalue weighted by Gasteiger charge is -2.35. The lowest BCUT2D eigenvalue weighted by Crippen LogP contribution is -2.43. The number of nitrogens with zero attached hydrogens (tertiary/aromatic N) is 2. The summed E-state index contributed by atoms with van der Waals surface area (Å²) < 4.78 is 17.7. The van der Waals surface area contributed by atoms with Gasteiger partial charge in [0.2, 0.25) is 0 Å². The van der Waals surface area contributed by atoms with Crippen molar-refractivity contribution < 1.29 is 19.0 Å². The first-order valence-corrected chi connectivity index (χ1v) is 17.9. The minimum absolute atomic E-state index is 0.161. The lowest BCUT2D eigenvalue weighted by atomic mass is 9.85. The van der Waals surface area contributed by atoms with Crippen LogP contribution in [0.4, 0.5) is 0 Å². The summed E-state index contributed by atoms with van der Waals surface area (Å²) in [7, 11) is 4.21. The molecule has 1 saturated heterocycles. The van der Waals surface area contributed by atoms with Crippen molar-refractivity contribution in [2.45, 2.75) is 130 Å². The van der Waals surface area contributed by atoms with Gasteiger partial charge in [0.05, 0.1) is 18.3 Å². The normalized spacial score (nSPS) is 22.0. The van der Waals surface area contributed by atoms with Crippen LogP contribution in [0.15, 0.2) is 35.5 Å². The van der Waals surface area contributed by atoms with Crippen LogP contribution in [0.3, 0.4) is 0 Å². The zero-order valence-corrected chi connectivity index (χ0v) is 30.6. The number of piperidine rings is 1. The fourth-order valence-electron chi connectivity index (χ4n) is 5.81. The molecule has 0 aromatic rings. The van der Waals surface area contributed by atoms with Gasteiger partial charge in [0.1, 0.15) is 20.3 Å². The molecule has 45 heavy (non-hydrogen) atoms. The Morgan fingerprint density at radius 2 is 1.73 bits per heavy atom. The summed E-state index contributed by atoms with van der Waals surface area (Å²) in [6.45, 7) is 21.3. The minimum atomic E-state index is -0.161. The van der Waals surface area contributed by atoms with E-state index in [0.717, 1.165) is 50.8 Å². The third-order valence-electron chi connectivity index (χ3n) is 9.16. The predicted molar refractivity (Wildman–Crippen MR) is 191 cm³/mol. The maximum Gasteiger partial charge on any atom is 0.149 e. The van der Waals surface area contributed by atoms with Crippen LogP contribution in [0.25, 0.3) is 0 Å². The first kappa shape index (κ1) is 41.7. The van der Waals surface area contributed by atoms with Crippen LogP contribution >= 0.6 is 0 Å². The number of ether oxygens (including phenoxy) is 3. The number of hydrogen-bond donors (Lipinski definition) is 1. The number of carbonyl (C=O) groups excluding carboxylic acids is 1. The second-order valence-corrected chi connectivity index (χ2v) is 14.1. The third-order valence-corrected chi connectivity index (χ3v) is 9.16. The number of likely N-dealkylation sites (tertiary alicyclic amines) is 1. The van der Waals surface area contributed by atoms with Crippen molar-refractivity contribution in [2.75, 3.05) is 60.4 Å². The van der Waals surface area contributed by atoms with Crippen molar-refractivity contribution in [3.8, 4) is 0 Å². The molecule has 0 saturated carbocycles. The lowest BCUT2D eigenvalue weighted by molar-refractivity contribution is -0.138. The van der Waals surface area contributed by atoms with Gasteiger partial charge >= 0.3 is 0 Å². The zero-order valence-electron chi connectivity index (χ0n) is 30.6. The maximum absolute atomic E-state index is 8.00. The summed E-state index contributed by atoms with van der Waals surface area (Å²) in [4.78, 5) is 12.9. The standard InChI is InChI=1S/C33H59N3O3.C4H10.CH2O/c1-7-27(17-20-35(6)25-37-26-39-33(2,3)4)24-38-32-10-8-9-29(15-16-32)30-13-11-28(12-14-30)23-36-21-18-31(34-5)19-22-36;1-3-4-2;1-2/h8,10,13,15,27-28,31-32,34H,7,9,11-12,14,16-26H2,1-6H3;3-4H2,1-2H3;1H2. The summed E-state index contributed by atoms with van der Waals surface area (Å²) in [6, 6.07) is 0.723. The first-order chi connectivity index (χ1) is 21.7. The molecule has 0 spiro atoms. The molecule has 3 aliphatic rings. The van der Waals surface area contributed by atoms with Crippen molar-refractivity contribution in [2.24, 2.45) is 11.8 Å². The molecule has 262 valence electrons. The molecule has 1 fully saturated rings. The van der Waals surface area contributed by atoms with Crippen molar-refractivity contribution in [1.82, 2.24) is 15.1 Å². The van der Waals surface area contributed by atoms with Crippen LogP contribution in [0, 0.1) is 11.8 Å². The molecule has 1 heterocycles. The third kappa shape index (κ3) is 19.2. The number of allylic oxidation sites excluding steroid dienone is 4. The van der Waals surface area contributed by atoms with E-state index in [9.17, 15) is 0 Å². The number of unbranched alkanes of at least 4 members (excludes halogenated alkanes) is 1. The van der Waals surface area contributed by atoms with Gasteiger partial charge in [-0.15, -0.1) is 0 Å². The van der Waals surface area contributed by atoms with E-state index < -0.39 is 0 Å². The first-order valence-electron chi connectivity index (χ1n) is 17.9. The Kier molecular flexibility index (Phi) is 22.9. The Balaban J connectivity index is 0.00000156. The molecule has 1 aliphatic heterocycles. The molecule has 1 N–H and O–H groups in total. The largest absolute Gasteiger partial charge is 0.374 e. The van der Waals surface area contributed by atoms with Crippen molar-refractivity contribution in [3.05, 3.63) is 35.5 Å². The van der Waals surface area contributed by atoms with E-state index in [4.69, 9.17) is 19.0 Å². The minimum Gasteiger partial charge on any atom is -0.374 e. The zero-order chi connectivity index (χ0) is 33.5. The Labute approximate surface area is 278 Å². The highest BCUT2D eigenvalue weighted by molar-refractivity contribution is 5.35. The van der Waals surface area contributed by atoms with Crippen LogP contribution in [-0.2, 0) is 19.0 Å². The van der Waals surface area contributed by atoms with Crippen LogP contribution in [-0.4, -0.2) is 94.7 Å². The summed E-state index contributed by atoms with van der Waals surface area (Å²) in [5.74, 6) is 1.40. The Hall–Kier alpha value is -1.35. The SMILES string of the molecule is C=O.CCC(CCN(C)COCOC(C)(C)C)COC1C=CCC(C2=CCC(CN3CCC(NC)CC3)CC2)=CC1.CCCC. The summed E-state index contributed by atoms with van der Waals surface area (Å²) in [6.07, 6.45) is 23.2. The highest BCUT2D eigenvalue weighted by Crippen LogP contribution is 2.32. The van der Waals surface area contributed by atoms with Gasteiger partial charge in [-0.3, -0.25) is 4.90 Å². The van der Waals surface area contributed by atoms with Gasteiger partial charge in [-0.2, -0.15) is 0 Å². The molecule has 0 bridgehead atoms. The second-order valence-electron chi connectivity index (χ2n) is 14.1. The number of hydrogen-bond acceptors (Lipinski definition) is 7. The monoisotopic (exact) mass is 634 g/mol. The molecule has 3 rings (SSSR count). The molecular formula is C38H71N3O4. The van der Waals surface area contributed by atoms with Crippen LogP contribution in [0.1, 0.15) is 112 Å². The highest BCUT2D eigenvalue weighted by Gasteiger charge is 2.23. The van der Waals surface area contributed by atoms with E-state index in [-0.39, 0.29) is 11.7 Å². The van der Waals surface area contributed by atoms with E-state index >= 15 is 0 Å². The fourth-order valence-corrected chi connectivity index (χ4v) is 5.81. The van der Waals surface area contributed by atoms with E-state index in [1.165, 1.54) is 70.2 Å². The molecule has 0 aromatic heterocycles. The average molecular weight is 634 g/mol. The molecule has 7 nitrogen and oxygen atoms in total. The van der Waals surface area contributed by atoms with Gasteiger partial charge in [0.15, 0.2) is 0 Å². The van der Waals surface area contributed by atoms with Crippen LogP contribution < -0.4 is 5.32 Å². The maximum atomic E-state index is 8.00. The van der Waals surface area contributed by atoms with E-state index in [1.54, 1.807) is 5.57 Å². The fraction of sp³-hybridized carbons (Fsp3) is 0.816. The van der Waals surface area contributed by atoms with E-state index in [1.807, 2.05) is 27.6 Å². The molecule has 7 heteroatoms. The molecule has 0 radical (unpaired) electrons. The smallest absolute Gasteiger partial charge is 0.149 e. The van der Waals surface area contributed by atoms with Gasteiger partial charge < -0.3 is 29.2 Å². The molecule has 3 atom stereocenters. The van der Waals surface area contributed by atoms with E-state index in [0.29, 0.717) is 19.4 Å². The van der Waals surface area contributed by atoms with Gasteiger partial charge in [-0.05, 0) is 122 Å². The van der Waals surface area contributed by atoms with Gasteiger partial charge in [-0.1, -0.05) is 64.3 Å². The van der Waals surface area contributed by atoms with E-state index in [2.05, 4.69) is 74.3 Å². The van der Waals surface area contributed by atoms with Gasteiger partial charge in [-0.25, -0.2) is 0 Å². The van der Waals surface area contributed by atoms with Gasteiger partial charge in [0, 0.05) is 19.1 Å². The Morgan fingerprint density at radius 1 is 1.04 bits per heavy atom.